The number of thioether (sulfide) groups is 1. The van der Waals surface area contributed by atoms with Gasteiger partial charge in [0, 0.05) is 21.4 Å². The van der Waals surface area contributed by atoms with Crippen LogP contribution in [0.25, 0.3) is 17.1 Å². The number of nitrogens with zero attached hydrogens (tertiary/aromatic N) is 3. The number of anilines is 1. The molecule has 4 aromatic rings. The van der Waals surface area contributed by atoms with Gasteiger partial charge in [-0.1, -0.05) is 27.7 Å². The highest BCUT2D eigenvalue weighted by Gasteiger charge is 2.18. The Bertz CT molecular complexity index is 1230. The van der Waals surface area contributed by atoms with Crippen LogP contribution in [0.2, 0.25) is 0 Å². The van der Waals surface area contributed by atoms with Crippen LogP contribution in [-0.2, 0) is 4.79 Å². The van der Waals surface area contributed by atoms with E-state index in [2.05, 4.69) is 31.4 Å². The third-order valence-electron chi connectivity index (χ3n) is 4.77. The molecule has 3 aromatic carbocycles. The number of carbonyl (C=O) groups excluding carboxylic acids is 1. The van der Waals surface area contributed by atoms with Crippen molar-refractivity contribution in [1.82, 2.24) is 14.8 Å². The molecular formula is C24H21BrN4O3S. The molecular weight excluding hydrogens is 504 g/mol. The monoisotopic (exact) mass is 524 g/mol. The number of methoxy groups -OCH3 is 2. The molecule has 0 atom stereocenters. The Labute approximate surface area is 204 Å². The molecule has 0 aliphatic carbocycles. The first-order valence-corrected chi connectivity index (χ1v) is 11.8. The van der Waals surface area contributed by atoms with Crippen LogP contribution in [0.1, 0.15) is 0 Å². The molecule has 7 nitrogen and oxygen atoms in total. The smallest absolute Gasteiger partial charge is 0.234 e. The molecule has 1 amide bonds. The molecule has 0 bridgehead atoms. The lowest BCUT2D eigenvalue weighted by atomic mass is 10.2. The van der Waals surface area contributed by atoms with Gasteiger partial charge in [-0.2, -0.15) is 0 Å². The average molecular weight is 525 g/mol. The summed E-state index contributed by atoms with van der Waals surface area (Å²) in [6.07, 6.45) is 0. The minimum Gasteiger partial charge on any atom is -0.497 e. The molecule has 0 unspecified atom stereocenters. The van der Waals surface area contributed by atoms with E-state index in [4.69, 9.17) is 9.47 Å². The molecule has 1 aromatic heterocycles. The minimum absolute atomic E-state index is 0.127. The van der Waals surface area contributed by atoms with Crippen LogP contribution in [-0.4, -0.2) is 40.6 Å². The number of amides is 1. The summed E-state index contributed by atoms with van der Waals surface area (Å²) in [6, 6.07) is 22.7. The van der Waals surface area contributed by atoms with E-state index in [-0.39, 0.29) is 11.7 Å². The molecule has 168 valence electrons. The standard InChI is InChI=1S/C24H21BrN4O3S/c1-31-20-11-3-16(4-12-20)23-27-28-24(29(23)19-9-13-21(32-2)14-10-19)33-15-22(30)26-18-7-5-17(25)6-8-18/h3-14H,15H2,1-2H3,(H,26,30). The molecule has 0 saturated heterocycles. The Hall–Kier alpha value is -3.30. The predicted molar refractivity (Wildman–Crippen MR) is 133 cm³/mol. The van der Waals surface area contributed by atoms with Crippen LogP contribution in [0, 0.1) is 0 Å². The number of hydrogen-bond donors (Lipinski definition) is 1. The Morgan fingerprint density at radius 3 is 2.12 bits per heavy atom. The van der Waals surface area contributed by atoms with Crippen LogP contribution in [0.5, 0.6) is 11.5 Å². The minimum atomic E-state index is -0.127. The fraction of sp³-hybridized carbons (Fsp3) is 0.125. The quantitative estimate of drug-likeness (QED) is 0.309. The van der Waals surface area contributed by atoms with Crippen molar-refractivity contribution in [2.45, 2.75) is 5.16 Å². The van der Waals surface area contributed by atoms with Crippen molar-refractivity contribution in [3.63, 3.8) is 0 Å². The summed E-state index contributed by atoms with van der Waals surface area (Å²) in [4.78, 5) is 12.5. The van der Waals surface area contributed by atoms with Crippen molar-refractivity contribution in [2.75, 3.05) is 25.3 Å². The number of halogens is 1. The number of carbonyl (C=O) groups is 1. The Morgan fingerprint density at radius 1 is 0.909 bits per heavy atom. The maximum absolute atomic E-state index is 12.5. The van der Waals surface area contributed by atoms with E-state index in [0.29, 0.717) is 11.0 Å². The van der Waals surface area contributed by atoms with Crippen LogP contribution < -0.4 is 14.8 Å². The van der Waals surface area contributed by atoms with E-state index in [1.165, 1.54) is 11.8 Å². The van der Waals surface area contributed by atoms with Gasteiger partial charge in [0.05, 0.1) is 20.0 Å². The van der Waals surface area contributed by atoms with Crippen molar-refractivity contribution in [3.8, 4) is 28.6 Å². The molecule has 0 aliphatic rings. The van der Waals surface area contributed by atoms with E-state index >= 15 is 0 Å². The highest BCUT2D eigenvalue weighted by Crippen LogP contribution is 2.30. The van der Waals surface area contributed by atoms with E-state index < -0.39 is 0 Å². The van der Waals surface area contributed by atoms with Gasteiger partial charge in [0.15, 0.2) is 11.0 Å². The summed E-state index contributed by atoms with van der Waals surface area (Å²) in [5.41, 5.74) is 2.48. The zero-order chi connectivity index (χ0) is 23.2. The fourth-order valence-electron chi connectivity index (χ4n) is 3.11. The van der Waals surface area contributed by atoms with Gasteiger partial charge in [0.1, 0.15) is 11.5 Å². The van der Waals surface area contributed by atoms with Gasteiger partial charge in [-0.25, -0.2) is 0 Å². The molecule has 0 radical (unpaired) electrons. The largest absolute Gasteiger partial charge is 0.497 e. The maximum atomic E-state index is 12.5. The summed E-state index contributed by atoms with van der Waals surface area (Å²) < 4.78 is 13.4. The van der Waals surface area contributed by atoms with Crippen LogP contribution in [0.3, 0.4) is 0 Å². The van der Waals surface area contributed by atoms with E-state index in [1.807, 2.05) is 77.4 Å². The maximum Gasteiger partial charge on any atom is 0.234 e. The second-order valence-corrected chi connectivity index (χ2v) is 8.77. The van der Waals surface area contributed by atoms with Crippen molar-refractivity contribution < 1.29 is 14.3 Å². The van der Waals surface area contributed by atoms with Gasteiger partial charge in [-0.15, -0.1) is 10.2 Å². The third kappa shape index (κ3) is 5.55. The average Bonchev–Trinajstić information content (AvgIpc) is 3.28. The van der Waals surface area contributed by atoms with Gasteiger partial charge in [0.2, 0.25) is 5.91 Å². The normalized spacial score (nSPS) is 10.6. The van der Waals surface area contributed by atoms with Crippen molar-refractivity contribution in [3.05, 3.63) is 77.3 Å². The molecule has 0 fully saturated rings. The number of rotatable bonds is 8. The molecule has 0 aliphatic heterocycles. The summed E-state index contributed by atoms with van der Waals surface area (Å²) in [5.74, 6) is 2.23. The molecule has 33 heavy (non-hydrogen) atoms. The molecule has 4 rings (SSSR count). The molecule has 0 saturated carbocycles. The van der Waals surface area contributed by atoms with Crippen LogP contribution >= 0.6 is 27.7 Å². The van der Waals surface area contributed by atoms with Gasteiger partial charge in [0.25, 0.3) is 0 Å². The van der Waals surface area contributed by atoms with Crippen molar-refractivity contribution in [2.24, 2.45) is 0 Å². The van der Waals surface area contributed by atoms with Gasteiger partial charge < -0.3 is 14.8 Å². The Morgan fingerprint density at radius 2 is 1.52 bits per heavy atom. The lowest BCUT2D eigenvalue weighted by Gasteiger charge is -2.11. The van der Waals surface area contributed by atoms with Crippen molar-refractivity contribution in [1.29, 1.82) is 0 Å². The number of benzene rings is 3. The van der Waals surface area contributed by atoms with Crippen LogP contribution in [0.15, 0.2) is 82.4 Å². The SMILES string of the molecule is COc1ccc(-c2nnc(SCC(=O)Nc3ccc(Br)cc3)n2-c2ccc(OC)cc2)cc1. The number of nitrogens with one attached hydrogen (secondary N) is 1. The first-order valence-electron chi connectivity index (χ1n) is 10.00. The number of hydrogen-bond acceptors (Lipinski definition) is 6. The van der Waals surface area contributed by atoms with E-state index in [9.17, 15) is 4.79 Å². The van der Waals surface area contributed by atoms with Gasteiger partial charge >= 0.3 is 0 Å². The van der Waals surface area contributed by atoms with Gasteiger partial charge in [-0.3, -0.25) is 9.36 Å². The first-order chi connectivity index (χ1) is 16.1. The topological polar surface area (TPSA) is 78.3 Å². The summed E-state index contributed by atoms with van der Waals surface area (Å²) >= 11 is 4.71. The lowest BCUT2D eigenvalue weighted by Crippen LogP contribution is -2.14. The summed E-state index contributed by atoms with van der Waals surface area (Å²) in [6.45, 7) is 0. The number of aromatic nitrogens is 3. The summed E-state index contributed by atoms with van der Waals surface area (Å²) in [5, 5.41) is 12.3. The van der Waals surface area contributed by atoms with Crippen LogP contribution in [0.4, 0.5) is 5.69 Å². The zero-order valence-corrected chi connectivity index (χ0v) is 20.4. The molecule has 9 heteroatoms. The summed E-state index contributed by atoms with van der Waals surface area (Å²) in [7, 11) is 3.25. The highest BCUT2D eigenvalue weighted by atomic mass is 79.9. The number of ether oxygens (including phenoxy) is 2. The second-order valence-electron chi connectivity index (χ2n) is 6.91. The van der Waals surface area contributed by atoms with Gasteiger partial charge in [-0.05, 0) is 72.8 Å². The first kappa shape index (κ1) is 22.9. The Kier molecular flexibility index (Phi) is 7.31. The zero-order valence-electron chi connectivity index (χ0n) is 18.0. The van der Waals surface area contributed by atoms with Crippen molar-refractivity contribution >= 4 is 39.3 Å². The molecule has 0 spiro atoms. The Balaban J connectivity index is 1.60. The van der Waals surface area contributed by atoms with E-state index in [1.54, 1.807) is 14.2 Å². The third-order valence-corrected chi connectivity index (χ3v) is 6.23. The molecule has 1 heterocycles. The predicted octanol–water partition coefficient (Wildman–Crippen LogP) is 5.44. The molecule has 1 N–H and O–H groups in total. The fourth-order valence-corrected chi connectivity index (χ4v) is 4.13. The van der Waals surface area contributed by atoms with E-state index in [0.717, 1.165) is 32.9 Å². The highest BCUT2D eigenvalue weighted by molar-refractivity contribution is 9.10. The lowest BCUT2D eigenvalue weighted by molar-refractivity contribution is -0.113. The second kappa shape index (κ2) is 10.5.